The number of aliphatic hydroxyl groups is 1. The predicted octanol–water partition coefficient (Wildman–Crippen LogP) is -0.120. The van der Waals surface area contributed by atoms with Gasteiger partial charge >= 0.3 is 0 Å². The topological polar surface area (TPSA) is 111 Å². The molecule has 0 saturated heterocycles. The summed E-state index contributed by atoms with van der Waals surface area (Å²) in [4.78, 5) is 36.6. The zero-order chi connectivity index (χ0) is 17.1. The van der Waals surface area contributed by atoms with Gasteiger partial charge in [0.25, 0.3) is 5.91 Å². The van der Waals surface area contributed by atoms with Gasteiger partial charge in [0.05, 0.1) is 0 Å². The summed E-state index contributed by atoms with van der Waals surface area (Å²) in [5.41, 5.74) is 5.25. The number of amides is 1. The number of allylic oxidation sites excluding steroid dienone is 1. The van der Waals surface area contributed by atoms with Gasteiger partial charge in [-0.05, 0) is 20.3 Å². The van der Waals surface area contributed by atoms with Crippen molar-refractivity contribution in [3.63, 3.8) is 0 Å². The number of quaternary nitrogens is 1. The lowest BCUT2D eigenvalue weighted by Gasteiger charge is -2.19. The molecule has 23 heavy (non-hydrogen) atoms. The zero-order valence-corrected chi connectivity index (χ0v) is 13.3. The molecule has 122 valence electrons. The zero-order valence-electron chi connectivity index (χ0n) is 13.3. The fourth-order valence-corrected chi connectivity index (χ4v) is 2.51. The van der Waals surface area contributed by atoms with Gasteiger partial charge in [0, 0.05) is 28.8 Å². The van der Waals surface area contributed by atoms with Crippen molar-refractivity contribution >= 4 is 17.5 Å². The van der Waals surface area contributed by atoms with Crippen LogP contribution in [0.15, 0.2) is 35.4 Å². The SMILES string of the molecule is CC1=C(CCNC(=O)C([NH3+])C(C)O)C(=O)c2ccccc2C1=O. The number of benzene rings is 1. The van der Waals surface area contributed by atoms with Crippen molar-refractivity contribution in [1.82, 2.24) is 5.32 Å². The molecule has 0 fully saturated rings. The summed E-state index contributed by atoms with van der Waals surface area (Å²) in [7, 11) is 0. The molecule has 1 aliphatic carbocycles. The highest BCUT2D eigenvalue weighted by Crippen LogP contribution is 2.27. The van der Waals surface area contributed by atoms with Crippen molar-refractivity contribution in [3.8, 4) is 0 Å². The Kier molecular flexibility index (Phi) is 5.08. The van der Waals surface area contributed by atoms with Crippen molar-refractivity contribution in [2.24, 2.45) is 0 Å². The number of nitrogens with one attached hydrogen (secondary N) is 1. The molecule has 2 unspecified atom stereocenters. The van der Waals surface area contributed by atoms with Crippen molar-refractivity contribution < 1.29 is 25.2 Å². The molecule has 6 nitrogen and oxygen atoms in total. The highest BCUT2D eigenvalue weighted by atomic mass is 16.3. The molecule has 0 heterocycles. The summed E-state index contributed by atoms with van der Waals surface area (Å²) >= 11 is 0. The predicted molar refractivity (Wildman–Crippen MR) is 83.8 cm³/mol. The summed E-state index contributed by atoms with van der Waals surface area (Å²) in [5.74, 6) is -0.706. The Morgan fingerprint density at radius 1 is 1.22 bits per heavy atom. The van der Waals surface area contributed by atoms with Crippen molar-refractivity contribution in [3.05, 3.63) is 46.5 Å². The lowest BCUT2D eigenvalue weighted by molar-refractivity contribution is -0.419. The summed E-state index contributed by atoms with van der Waals surface area (Å²) < 4.78 is 0. The van der Waals surface area contributed by atoms with Crippen LogP contribution >= 0.6 is 0 Å². The largest absolute Gasteiger partial charge is 0.387 e. The molecule has 1 aromatic carbocycles. The van der Waals surface area contributed by atoms with E-state index in [1.807, 2.05) is 0 Å². The van der Waals surface area contributed by atoms with Gasteiger partial charge in [-0.3, -0.25) is 14.4 Å². The Morgan fingerprint density at radius 3 is 2.35 bits per heavy atom. The maximum absolute atomic E-state index is 12.5. The minimum atomic E-state index is -0.847. The van der Waals surface area contributed by atoms with E-state index in [4.69, 9.17) is 0 Å². The number of ketones is 2. The number of rotatable bonds is 5. The van der Waals surface area contributed by atoms with Crippen LogP contribution in [0.3, 0.4) is 0 Å². The summed E-state index contributed by atoms with van der Waals surface area (Å²) in [6.07, 6.45) is -0.580. The fourth-order valence-electron chi connectivity index (χ4n) is 2.51. The Balaban J connectivity index is 2.09. The van der Waals surface area contributed by atoms with Crippen LogP contribution in [0.4, 0.5) is 0 Å². The monoisotopic (exact) mass is 317 g/mol. The maximum Gasteiger partial charge on any atom is 0.280 e. The number of fused-ring (bicyclic) bond motifs is 1. The van der Waals surface area contributed by atoms with Crippen LogP contribution in [-0.4, -0.2) is 41.3 Å². The summed E-state index contributed by atoms with van der Waals surface area (Å²) in [5, 5.41) is 12.0. The number of aliphatic hydroxyl groups excluding tert-OH is 1. The molecular weight excluding hydrogens is 296 g/mol. The third kappa shape index (κ3) is 3.38. The van der Waals surface area contributed by atoms with E-state index in [1.165, 1.54) is 6.92 Å². The van der Waals surface area contributed by atoms with Gasteiger partial charge in [-0.25, -0.2) is 0 Å². The summed E-state index contributed by atoms with van der Waals surface area (Å²) in [6.45, 7) is 3.34. The first-order chi connectivity index (χ1) is 10.8. The van der Waals surface area contributed by atoms with E-state index in [0.29, 0.717) is 22.3 Å². The van der Waals surface area contributed by atoms with Crippen LogP contribution in [0.1, 0.15) is 41.0 Å². The van der Waals surface area contributed by atoms with Crippen LogP contribution in [-0.2, 0) is 4.79 Å². The first kappa shape index (κ1) is 17.1. The van der Waals surface area contributed by atoms with Crippen LogP contribution in [0.2, 0.25) is 0 Å². The molecule has 5 N–H and O–H groups in total. The molecule has 6 heteroatoms. The number of carbonyl (C=O) groups is 3. The molecule has 2 rings (SSSR count). The molecule has 2 atom stereocenters. The quantitative estimate of drug-likeness (QED) is 0.703. The Bertz CT molecular complexity index is 692. The van der Waals surface area contributed by atoms with Gasteiger partial charge in [0.1, 0.15) is 6.10 Å². The maximum atomic E-state index is 12.5. The minimum Gasteiger partial charge on any atom is -0.387 e. The van der Waals surface area contributed by atoms with Gasteiger partial charge in [0.15, 0.2) is 17.6 Å². The van der Waals surface area contributed by atoms with E-state index in [2.05, 4.69) is 11.1 Å². The second-order valence-electron chi connectivity index (χ2n) is 5.70. The molecular formula is C17H21N2O4+. The average Bonchev–Trinajstić information content (AvgIpc) is 2.54. The van der Waals surface area contributed by atoms with Crippen LogP contribution in [0.5, 0.6) is 0 Å². The molecule has 1 amide bonds. The van der Waals surface area contributed by atoms with E-state index < -0.39 is 12.1 Å². The number of Topliss-reactive ketones (excluding diaryl/α,β-unsaturated/α-hetero) is 2. The van der Waals surface area contributed by atoms with Crippen molar-refractivity contribution in [2.75, 3.05) is 6.54 Å². The van der Waals surface area contributed by atoms with Gasteiger partial charge in [-0.15, -0.1) is 0 Å². The molecule has 0 aromatic heterocycles. The first-order valence-electron chi connectivity index (χ1n) is 7.51. The molecule has 1 aliphatic rings. The number of carbonyl (C=O) groups excluding carboxylic acids is 3. The highest BCUT2D eigenvalue weighted by Gasteiger charge is 2.29. The lowest BCUT2D eigenvalue weighted by Crippen LogP contribution is -2.71. The molecule has 0 aliphatic heterocycles. The average molecular weight is 317 g/mol. The number of hydrogen-bond acceptors (Lipinski definition) is 4. The van der Waals surface area contributed by atoms with E-state index >= 15 is 0 Å². The second-order valence-corrected chi connectivity index (χ2v) is 5.70. The van der Waals surface area contributed by atoms with Crippen molar-refractivity contribution in [2.45, 2.75) is 32.4 Å². The molecule has 1 aromatic rings. The Labute approximate surface area is 134 Å². The van der Waals surface area contributed by atoms with E-state index in [1.54, 1.807) is 31.2 Å². The van der Waals surface area contributed by atoms with Gasteiger partial charge in [-0.1, -0.05) is 24.3 Å². The minimum absolute atomic E-state index is 0.152. The highest BCUT2D eigenvalue weighted by molar-refractivity contribution is 6.26. The molecule has 0 radical (unpaired) electrons. The summed E-state index contributed by atoms with van der Waals surface area (Å²) in [6, 6.07) is 5.97. The molecule has 0 saturated carbocycles. The third-order valence-electron chi connectivity index (χ3n) is 4.08. The van der Waals surface area contributed by atoms with Crippen LogP contribution in [0, 0.1) is 0 Å². The van der Waals surface area contributed by atoms with Gasteiger partial charge in [-0.2, -0.15) is 0 Å². The third-order valence-corrected chi connectivity index (χ3v) is 4.08. The Morgan fingerprint density at radius 2 is 1.78 bits per heavy atom. The lowest BCUT2D eigenvalue weighted by atomic mass is 9.83. The van der Waals surface area contributed by atoms with Gasteiger partial charge in [0.2, 0.25) is 0 Å². The van der Waals surface area contributed by atoms with E-state index in [-0.39, 0.29) is 30.4 Å². The number of hydrogen-bond donors (Lipinski definition) is 3. The normalized spacial score (nSPS) is 16.9. The van der Waals surface area contributed by atoms with Crippen LogP contribution in [0.25, 0.3) is 0 Å². The first-order valence-corrected chi connectivity index (χ1v) is 7.51. The van der Waals surface area contributed by atoms with Gasteiger partial charge < -0.3 is 16.2 Å². The molecule has 0 bridgehead atoms. The molecule has 0 spiro atoms. The van der Waals surface area contributed by atoms with E-state index in [0.717, 1.165) is 0 Å². The van der Waals surface area contributed by atoms with E-state index in [9.17, 15) is 19.5 Å². The van der Waals surface area contributed by atoms with Crippen LogP contribution < -0.4 is 11.1 Å². The Hall–Kier alpha value is -2.31. The smallest absolute Gasteiger partial charge is 0.280 e. The standard InChI is InChI=1S/C17H20N2O4/c1-9-11(7-8-19-17(23)14(18)10(2)20)16(22)13-6-4-3-5-12(13)15(9)21/h3-6,10,14,20H,7-8,18H2,1-2H3,(H,19,23)/p+1. The fraction of sp³-hybridized carbons (Fsp3) is 0.353. The van der Waals surface area contributed by atoms with Crippen molar-refractivity contribution in [1.29, 1.82) is 0 Å². The second kappa shape index (κ2) is 6.85.